The summed E-state index contributed by atoms with van der Waals surface area (Å²) in [6.07, 6.45) is 7.82. The van der Waals surface area contributed by atoms with Crippen molar-refractivity contribution in [3.05, 3.63) is 83.3 Å². The molecule has 0 amide bonds. The monoisotopic (exact) mass is 519 g/mol. The quantitative estimate of drug-likeness (QED) is 0.320. The molecule has 0 bridgehead atoms. The van der Waals surface area contributed by atoms with Crippen LogP contribution < -0.4 is 14.8 Å². The van der Waals surface area contributed by atoms with E-state index in [4.69, 9.17) is 24.4 Å². The molecule has 0 radical (unpaired) electrons. The Kier molecular flexibility index (Phi) is 14.7. The Morgan fingerprint density at radius 2 is 1.50 bits per heavy atom. The van der Waals surface area contributed by atoms with Crippen LogP contribution >= 0.6 is 0 Å². The van der Waals surface area contributed by atoms with E-state index in [-0.39, 0.29) is 19.1 Å². The molecule has 0 heterocycles. The molecule has 0 spiro atoms. The molecular formula is C24H30N4O3Tc+. The van der Waals surface area contributed by atoms with E-state index in [2.05, 4.69) is 10.3 Å². The Balaban J connectivity index is 0.00000249. The van der Waals surface area contributed by atoms with Crippen molar-refractivity contribution in [3.63, 3.8) is 0 Å². The van der Waals surface area contributed by atoms with Gasteiger partial charge in [0.05, 0.1) is 20.8 Å². The van der Waals surface area contributed by atoms with Crippen LogP contribution in [0.4, 0.5) is 0 Å². The van der Waals surface area contributed by atoms with Crippen LogP contribution in [0.1, 0.15) is 11.1 Å². The van der Waals surface area contributed by atoms with E-state index in [1.54, 1.807) is 14.2 Å². The molecule has 8 heteroatoms. The normalized spacial score (nSPS) is 12.4. The topological polar surface area (TPSA) is 108 Å². The summed E-state index contributed by atoms with van der Waals surface area (Å²) in [5, 5.41) is 3.32. The van der Waals surface area contributed by atoms with Gasteiger partial charge in [-0.25, -0.2) is 0 Å². The zero-order valence-corrected chi connectivity index (χ0v) is 20.2. The summed E-state index contributed by atoms with van der Waals surface area (Å²) in [6, 6.07) is 15.5. The maximum atomic E-state index is 8.22. The molecule has 0 aliphatic carbocycles. The van der Waals surface area contributed by atoms with Crippen LogP contribution in [0.5, 0.6) is 11.5 Å². The van der Waals surface area contributed by atoms with Crippen molar-refractivity contribution in [3.8, 4) is 11.5 Å². The van der Waals surface area contributed by atoms with Crippen molar-refractivity contribution in [2.75, 3.05) is 40.4 Å². The molecule has 3 N–H and O–H groups in total. The third-order valence-electron chi connectivity index (χ3n) is 4.46. The van der Waals surface area contributed by atoms with E-state index in [1.807, 2.05) is 72.8 Å². The van der Waals surface area contributed by atoms with Crippen LogP contribution in [-0.2, 0) is 22.4 Å². The number of nitrogens with zero attached hydrogens (tertiary/aromatic N) is 1. The molecule has 0 aliphatic rings. The molecule has 170 valence electrons. The molecule has 2 aromatic rings. The van der Waals surface area contributed by atoms with Crippen molar-refractivity contribution < 1.29 is 31.8 Å². The molecule has 0 saturated carbocycles. The van der Waals surface area contributed by atoms with E-state index in [1.165, 1.54) is 0 Å². The van der Waals surface area contributed by atoms with Gasteiger partial charge in [0.15, 0.2) is 0 Å². The van der Waals surface area contributed by atoms with Crippen molar-refractivity contribution in [1.82, 2.24) is 5.32 Å². The zero-order valence-electron chi connectivity index (χ0n) is 18.4. The van der Waals surface area contributed by atoms with Gasteiger partial charge in [0.1, 0.15) is 11.5 Å². The van der Waals surface area contributed by atoms with Crippen LogP contribution in [0, 0.1) is 0 Å². The third kappa shape index (κ3) is 10.7. The van der Waals surface area contributed by atoms with Gasteiger partial charge in [-0.15, -0.1) is 13.1 Å². The van der Waals surface area contributed by atoms with E-state index < -0.39 is 0 Å². The maximum absolute atomic E-state index is 8.22. The SMILES string of the molecule is COc1ccc(/C=C/C(C[NH-])=NCCNC(/C=C/c2ccc(OC)cc2)C[NH-])cc1.[O]=[Tc+3]. The summed E-state index contributed by atoms with van der Waals surface area (Å²) in [6.45, 7) is 1.59. The second-order valence-electron chi connectivity index (χ2n) is 6.55. The van der Waals surface area contributed by atoms with Crippen LogP contribution in [0.2, 0.25) is 0 Å². The minimum atomic E-state index is -0.0448. The Morgan fingerprint density at radius 3 is 1.97 bits per heavy atom. The van der Waals surface area contributed by atoms with Gasteiger partial charge in [-0.1, -0.05) is 42.5 Å². The average molecular weight is 521 g/mol. The van der Waals surface area contributed by atoms with Crippen LogP contribution in [0.25, 0.3) is 23.6 Å². The van der Waals surface area contributed by atoms with Crippen molar-refractivity contribution >= 4 is 17.9 Å². The van der Waals surface area contributed by atoms with Crippen molar-refractivity contribution in [2.24, 2.45) is 4.99 Å². The molecule has 2 aromatic carbocycles. The number of ether oxygens (including phenoxy) is 2. The molecule has 0 fully saturated rings. The molecule has 0 aliphatic heterocycles. The van der Waals surface area contributed by atoms with Crippen molar-refractivity contribution in [2.45, 2.75) is 6.04 Å². The first-order chi connectivity index (χ1) is 15.7. The van der Waals surface area contributed by atoms with Gasteiger partial charge in [0.2, 0.25) is 0 Å². The summed E-state index contributed by atoms with van der Waals surface area (Å²) >= 11 is 0.900. The molecule has 0 saturated heterocycles. The summed E-state index contributed by atoms with van der Waals surface area (Å²) in [4.78, 5) is 4.49. The summed E-state index contributed by atoms with van der Waals surface area (Å²) in [5.74, 6) is 1.64. The molecular weight excluding hydrogens is 490 g/mol. The standard InChI is InChI=1S/C24H30N4O2.O.Tc/c1-29-23-11-5-19(6-12-23)3-9-21(17-25)27-15-16-28-22(18-26)10-4-20-7-13-24(30-2)14-8-20;;/h3-14,21,25-27H,15-18H2,1-2H3;;/q-2;;+3/b9-3+,10-4+,28-22?;;. The molecule has 1 atom stereocenters. The predicted octanol–water partition coefficient (Wildman–Crippen LogP) is 4.81. The molecule has 2 rings (SSSR count). The van der Waals surface area contributed by atoms with Gasteiger partial charge in [-0.05, 0) is 41.5 Å². The van der Waals surface area contributed by atoms with E-state index >= 15 is 0 Å². The van der Waals surface area contributed by atoms with E-state index in [0.717, 1.165) is 47.2 Å². The van der Waals surface area contributed by atoms with Gasteiger partial charge < -0.3 is 26.3 Å². The second-order valence-corrected chi connectivity index (χ2v) is 6.55. The van der Waals surface area contributed by atoms with E-state index in [0.29, 0.717) is 13.1 Å². The van der Waals surface area contributed by atoms with Crippen molar-refractivity contribution in [1.29, 1.82) is 0 Å². The van der Waals surface area contributed by atoms with Crippen LogP contribution in [-0.4, -0.2) is 52.2 Å². The Morgan fingerprint density at radius 1 is 0.969 bits per heavy atom. The molecule has 32 heavy (non-hydrogen) atoms. The van der Waals surface area contributed by atoms with Crippen LogP contribution in [0.15, 0.2) is 65.7 Å². The fourth-order valence-electron chi connectivity index (χ4n) is 2.67. The van der Waals surface area contributed by atoms with E-state index in [9.17, 15) is 0 Å². The first kappa shape index (κ1) is 27.6. The summed E-state index contributed by atoms with van der Waals surface area (Å²) < 4.78 is 18.5. The van der Waals surface area contributed by atoms with Gasteiger partial charge in [-0.3, -0.25) is 4.99 Å². The summed E-state index contributed by atoms with van der Waals surface area (Å²) in [7, 11) is 3.29. The van der Waals surface area contributed by atoms with Gasteiger partial charge in [0.25, 0.3) is 0 Å². The minimum absolute atomic E-state index is 0.0448. The predicted molar refractivity (Wildman–Crippen MR) is 127 cm³/mol. The van der Waals surface area contributed by atoms with Gasteiger partial charge in [0, 0.05) is 18.3 Å². The zero-order chi connectivity index (χ0) is 23.6. The Labute approximate surface area is 201 Å². The number of rotatable bonds is 12. The molecule has 7 nitrogen and oxygen atoms in total. The van der Waals surface area contributed by atoms with Crippen LogP contribution in [0.3, 0.4) is 0 Å². The summed E-state index contributed by atoms with van der Waals surface area (Å²) in [5.41, 5.74) is 18.2. The number of aliphatic imine (C=N–C) groups is 1. The fourth-order valence-corrected chi connectivity index (χ4v) is 2.67. The number of nitrogens with one attached hydrogen (secondary N) is 3. The number of benzene rings is 2. The Hall–Kier alpha value is -2.48. The number of hydrogen-bond donors (Lipinski definition) is 1. The average Bonchev–Trinajstić information content (AvgIpc) is 2.87. The fraction of sp³-hybridized carbons (Fsp3) is 0.292. The number of methoxy groups -OCH3 is 2. The molecule has 1 unspecified atom stereocenters. The van der Waals surface area contributed by atoms with Gasteiger partial charge >= 0.3 is 22.4 Å². The Bertz CT molecular complexity index is 853. The first-order valence-corrected chi connectivity index (χ1v) is 10.8. The first-order valence-electron chi connectivity index (χ1n) is 10.0. The number of hydrogen-bond acceptors (Lipinski definition) is 5. The third-order valence-corrected chi connectivity index (χ3v) is 4.46. The molecule has 0 aromatic heterocycles. The second kappa shape index (κ2) is 17.1. The van der Waals surface area contributed by atoms with Gasteiger partial charge in [-0.2, -0.15) is 0 Å².